The predicted molar refractivity (Wildman–Crippen MR) is 487 cm³/mol. The molecule has 8 aromatic carbocycles. The summed E-state index contributed by atoms with van der Waals surface area (Å²) in [5.74, 6) is 2.44. The van der Waals surface area contributed by atoms with Crippen molar-refractivity contribution in [3.05, 3.63) is 312 Å². The Morgan fingerprint density at radius 3 is 1.08 bits per heavy atom. The Hall–Kier alpha value is -11.9. The van der Waals surface area contributed by atoms with Gasteiger partial charge in [0.05, 0.1) is 55.2 Å². The van der Waals surface area contributed by atoms with Crippen LogP contribution in [0.2, 0.25) is 10.0 Å². The average Bonchev–Trinajstić information content (AvgIpc) is 0.771. The van der Waals surface area contributed by atoms with Gasteiger partial charge >= 0.3 is 18.3 Å². The van der Waals surface area contributed by atoms with E-state index in [4.69, 9.17) is 101 Å². The van der Waals surface area contributed by atoms with E-state index < -0.39 is 18.3 Å². The second-order valence-corrected chi connectivity index (χ2v) is 33.9. The average molecular weight is 1770 g/mol. The second kappa shape index (κ2) is 40.8. The molecule has 3 fully saturated rings. The van der Waals surface area contributed by atoms with Gasteiger partial charge in [0, 0.05) is 139 Å². The third-order valence-electron chi connectivity index (χ3n) is 23.2. The zero-order valence-corrected chi connectivity index (χ0v) is 73.1. The summed E-state index contributed by atoms with van der Waals surface area (Å²) in [5, 5.41) is 9.86. The lowest BCUT2D eigenvalue weighted by molar-refractivity contribution is 0.0262. The number of hydrogen-bond donors (Lipinski definition) is 0. The summed E-state index contributed by atoms with van der Waals surface area (Å²) in [7, 11) is 0. The molecule has 18 rings (SSSR count). The maximum Gasteiger partial charge on any atom is 0.410 e. The van der Waals surface area contributed by atoms with Gasteiger partial charge in [0.2, 0.25) is 19.6 Å². The highest BCUT2D eigenvalue weighted by molar-refractivity contribution is 7.98. The molecule has 0 saturated carbocycles. The number of rotatable bonds is 18. The molecular weight excluding hydrogens is 1680 g/mol. The van der Waals surface area contributed by atoms with Crippen LogP contribution in [0, 0.1) is 19.7 Å². The van der Waals surface area contributed by atoms with Crippen LogP contribution in [0.3, 0.4) is 0 Å². The van der Waals surface area contributed by atoms with Gasteiger partial charge in [-0.05, 0) is 74.9 Å². The van der Waals surface area contributed by atoms with E-state index in [1.54, 1.807) is 14.7 Å². The second-order valence-electron chi connectivity index (χ2n) is 30.7. The SMILES string of the molecule is [C-]#[N+]C[C@@H]1CN(c2nc(SC)nc3c2CO[C@H](c2cccc4cccc(Cl)c24)C3)CCN1C(=O)OCc1ccccc1.[C-]#[N+]C[C@H]1CN(c2nc(SC)nc3c2COC(c2cncc4ccccc24)C3)CCN1C(=O)OCc1ccccc1.[C-]#[N+]C[C@H]1CN(c2nc(SC)nc3c2CO[C@H](c2cccc4cccc(Cl)c24)C3)CCN1C(=O)OCc1ccccc1. The molecule has 636 valence electrons. The lowest BCUT2D eigenvalue weighted by Gasteiger charge is -2.40. The molecule has 6 aliphatic rings. The van der Waals surface area contributed by atoms with Crippen LogP contribution in [0.5, 0.6) is 0 Å². The van der Waals surface area contributed by atoms with Gasteiger partial charge in [0.25, 0.3) is 0 Å². The first-order valence-corrected chi connectivity index (χ1v) is 45.7. The van der Waals surface area contributed by atoms with Gasteiger partial charge in [-0.1, -0.05) is 234 Å². The van der Waals surface area contributed by atoms with Gasteiger partial charge in [0.15, 0.2) is 15.5 Å². The molecule has 125 heavy (non-hydrogen) atoms. The summed E-state index contributed by atoms with van der Waals surface area (Å²) >= 11 is 17.8. The molecule has 0 aliphatic carbocycles. The third-order valence-corrected chi connectivity index (χ3v) is 25.5. The molecule has 4 aromatic heterocycles. The lowest BCUT2D eigenvalue weighted by Crippen LogP contribution is -2.57. The van der Waals surface area contributed by atoms with Crippen molar-refractivity contribution in [2.24, 2.45) is 0 Å². The van der Waals surface area contributed by atoms with Gasteiger partial charge in [0.1, 0.15) is 55.4 Å². The Kier molecular flexibility index (Phi) is 28.3. The summed E-state index contributed by atoms with van der Waals surface area (Å²) in [6, 6.07) is 60.3. The normalized spacial score (nSPS) is 18.4. The summed E-state index contributed by atoms with van der Waals surface area (Å²) in [6.07, 6.45) is 9.74. The molecule has 0 bridgehead atoms. The number of aromatic nitrogens is 7. The minimum atomic E-state index is -0.401. The van der Waals surface area contributed by atoms with Crippen LogP contribution >= 0.6 is 58.5 Å². The predicted octanol–water partition coefficient (Wildman–Crippen LogP) is 18.4. The van der Waals surface area contributed by atoms with Crippen LogP contribution in [0.25, 0.3) is 46.9 Å². The van der Waals surface area contributed by atoms with E-state index in [0.717, 1.165) is 117 Å². The standard InChI is InChI=1S/2C32H30ClN5O3S.C31H30N6O3S/c2*1-34-17-23-18-37(14-15-38(23)32(39)41-19-21-8-4-3-5-9-21)30-25-20-40-28(16-27(25)35-31(36-30)42-2)24-12-6-10-22-11-7-13-26(33)29(22)24;1-32-16-23-18-36(12-13-37(23)31(38)40-19-21-8-4-3-5-9-21)29-26-20-39-28(14-27(26)34-30(35-29)41-2)25-17-33-15-22-10-6-7-11-24(22)25/h2*3-13,23,28H,14-20H2,2H3;3-11,15,17,23,28H,12-14,16,18-20H2,2H3/t23-,28+;23-,28-;23-,28?/m100/s1. The quantitative estimate of drug-likeness (QED) is 0.0336. The zero-order valence-electron chi connectivity index (χ0n) is 69.2. The Morgan fingerprint density at radius 2 is 0.728 bits per heavy atom. The number of carbonyl (C=O) groups excluding carboxylic acids is 3. The first-order chi connectivity index (χ1) is 61.2. The van der Waals surface area contributed by atoms with Gasteiger partial charge < -0.3 is 57.7 Å². The number of fused-ring (bicyclic) bond motifs is 6. The third kappa shape index (κ3) is 19.9. The van der Waals surface area contributed by atoms with Crippen molar-refractivity contribution < 1.29 is 42.8 Å². The van der Waals surface area contributed by atoms with Crippen molar-refractivity contribution >= 4 is 127 Å². The van der Waals surface area contributed by atoms with Crippen LogP contribution in [0.15, 0.2) is 216 Å². The number of anilines is 3. The lowest BCUT2D eigenvalue weighted by atomic mass is 9.94. The fourth-order valence-corrected chi connectivity index (χ4v) is 18.7. The number of thioether (sulfide) groups is 3. The largest absolute Gasteiger partial charge is 0.445 e. The minimum Gasteiger partial charge on any atom is -0.445 e. The summed E-state index contributed by atoms with van der Waals surface area (Å²) in [5.41, 5.74) is 11.7. The first kappa shape index (κ1) is 86.6. The number of halogens is 2. The van der Waals surface area contributed by atoms with Gasteiger partial charge in [-0.25, -0.2) is 64.0 Å². The number of nitrogens with zero attached hydrogens (tertiary/aromatic N) is 16. The summed E-state index contributed by atoms with van der Waals surface area (Å²) in [4.78, 5) is 95.4. The van der Waals surface area contributed by atoms with Crippen LogP contribution in [0.4, 0.5) is 31.8 Å². The molecule has 3 amide bonds. The number of hydrogen-bond acceptors (Lipinski definition) is 22. The van der Waals surface area contributed by atoms with E-state index in [1.807, 2.05) is 171 Å². The molecule has 3 saturated heterocycles. The smallest absolute Gasteiger partial charge is 0.410 e. The Bertz CT molecular complexity index is 5780. The topological polar surface area (TPSA) is 229 Å². The molecule has 0 N–H and O–H groups in total. The molecule has 6 atom stereocenters. The Labute approximate surface area is 748 Å². The van der Waals surface area contributed by atoms with Crippen molar-refractivity contribution in [1.82, 2.24) is 49.6 Å². The fraction of sp³-hybridized carbons (Fsp3) is 0.316. The molecule has 6 aliphatic heterocycles. The highest BCUT2D eigenvalue weighted by Gasteiger charge is 2.41. The highest BCUT2D eigenvalue weighted by atomic mass is 35.5. The molecule has 1 unspecified atom stereocenters. The number of amides is 3. The molecule has 0 radical (unpaired) electrons. The van der Waals surface area contributed by atoms with Crippen LogP contribution < -0.4 is 14.7 Å². The number of ether oxygens (including phenoxy) is 6. The van der Waals surface area contributed by atoms with Crippen molar-refractivity contribution in [2.45, 2.75) is 111 Å². The molecule has 30 heteroatoms. The van der Waals surface area contributed by atoms with Crippen LogP contribution in [0.1, 0.15) is 85.5 Å². The maximum atomic E-state index is 13.0. The molecule has 25 nitrogen and oxygen atoms in total. The van der Waals surface area contributed by atoms with E-state index >= 15 is 0 Å². The monoisotopic (exact) mass is 1760 g/mol. The van der Waals surface area contributed by atoms with E-state index in [2.05, 4.69) is 82.7 Å². The van der Waals surface area contributed by atoms with Crippen molar-refractivity contribution in [2.75, 3.05) is 112 Å². The van der Waals surface area contributed by atoms with Crippen molar-refractivity contribution in [3.8, 4) is 0 Å². The number of pyridine rings is 1. The molecular formula is C95H90Cl2N16O9S3. The molecule has 10 heterocycles. The minimum absolute atomic E-state index is 0.162. The highest BCUT2D eigenvalue weighted by Crippen LogP contribution is 2.44. The van der Waals surface area contributed by atoms with E-state index in [9.17, 15) is 14.4 Å². The van der Waals surface area contributed by atoms with Gasteiger partial charge in [-0.3, -0.25) is 19.7 Å². The first-order valence-electron chi connectivity index (χ1n) is 41.2. The molecule has 0 spiro atoms. The zero-order chi connectivity index (χ0) is 86.3. The Balaban J connectivity index is 0.000000138. The number of carbonyl (C=O) groups is 3. The number of benzene rings is 8. The van der Waals surface area contributed by atoms with Crippen molar-refractivity contribution in [3.63, 3.8) is 0 Å². The summed E-state index contributed by atoms with van der Waals surface area (Å²) < 4.78 is 36.2. The number of piperazine rings is 3. The Morgan fingerprint density at radius 1 is 0.400 bits per heavy atom. The van der Waals surface area contributed by atoms with Crippen LogP contribution in [-0.4, -0.2) is 183 Å². The fourth-order valence-electron chi connectivity index (χ4n) is 17.0. The van der Waals surface area contributed by atoms with Gasteiger partial charge in [-0.15, -0.1) is 0 Å². The molecule has 12 aromatic rings. The van der Waals surface area contributed by atoms with E-state index in [-0.39, 0.29) is 75.9 Å². The maximum absolute atomic E-state index is 13.0. The van der Waals surface area contributed by atoms with Crippen molar-refractivity contribution in [1.29, 1.82) is 0 Å². The summed E-state index contributed by atoms with van der Waals surface area (Å²) in [6.45, 7) is 29.3. The van der Waals surface area contributed by atoms with Crippen LogP contribution in [-0.2, 0) is 87.3 Å². The van der Waals surface area contributed by atoms with Gasteiger partial charge in [-0.2, -0.15) is 0 Å². The van der Waals surface area contributed by atoms with E-state index in [1.165, 1.54) is 35.3 Å². The van der Waals surface area contributed by atoms with E-state index in [0.29, 0.717) is 124 Å².